The van der Waals surface area contributed by atoms with Crippen LogP contribution in [-0.4, -0.2) is 6.54 Å². The monoisotopic (exact) mass is 309 g/mol. The number of nitrogens with one attached hydrogen (secondary N) is 1. The summed E-state index contributed by atoms with van der Waals surface area (Å²) in [4.78, 5) is 0. The van der Waals surface area contributed by atoms with Crippen LogP contribution in [0.2, 0.25) is 0 Å². The summed E-state index contributed by atoms with van der Waals surface area (Å²) in [6.07, 6.45) is 1.14. The Kier molecular flexibility index (Phi) is 2.36. The van der Waals surface area contributed by atoms with E-state index in [0.717, 1.165) is 19.5 Å². The van der Waals surface area contributed by atoms with E-state index in [1.54, 1.807) is 5.56 Å². The molecular formula is C23H19N. The first-order valence-corrected chi connectivity index (χ1v) is 8.93. The molecule has 7 rings (SSSR count). The van der Waals surface area contributed by atoms with Gasteiger partial charge in [-0.1, -0.05) is 66.7 Å². The third kappa shape index (κ3) is 1.33. The van der Waals surface area contributed by atoms with Crippen molar-refractivity contribution in [2.45, 2.75) is 24.3 Å². The lowest BCUT2D eigenvalue weighted by atomic mass is 9.51. The maximum absolute atomic E-state index is 3.66. The van der Waals surface area contributed by atoms with E-state index in [-0.39, 0.29) is 5.41 Å². The van der Waals surface area contributed by atoms with Crippen LogP contribution in [0.1, 0.15) is 51.3 Å². The molecule has 1 aliphatic heterocycles. The van der Waals surface area contributed by atoms with Gasteiger partial charge in [-0.3, -0.25) is 0 Å². The molecular weight excluding hydrogens is 290 g/mol. The van der Waals surface area contributed by atoms with Crippen molar-refractivity contribution in [1.82, 2.24) is 5.32 Å². The van der Waals surface area contributed by atoms with Gasteiger partial charge in [-0.25, -0.2) is 0 Å². The molecule has 4 aliphatic rings. The highest BCUT2D eigenvalue weighted by molar-refractivity contribution is 5.73. The first-order chi connectivity index (χ1) is 11.9. The van der Waals surface area contributed by atoms with Gasteiger partial charge in [0.2, 0.25) is 0 Å². The summed E-state index contributed by atoms with van der Waals surface area (Å²) < 4.78 is 0. The topological polar surface area (TPSA) is 12.0 Å². The summed E-state index contributed by atoms with van der Waals surface area (Å²) in [5, 5.41) is 3.66. The van der Waals surface area contributed by atoms with Gasteiger partial charge in [-0.05, 0) is 51.9 Å². The van der Waals surface area contributed by atoms with Gasteiger partial charge in [0.05, 0.1) is 0 Å². The second-order valence-electron chi connectivity index (χ2n) is 7.32. The number of benzene rings is 3. The Balaban J connectivity index is 1.85. The van der Waals surface area contributed by atoms with E-state index in [2.05, 4.69) is 72.0 Å². The predicted octanol–water partition coefficient (Wildman–Crippen LogP) is 4.32. The van der Waals surface area contributed by atoms with Crippen molar-refractivity contribution >= 4 is 0 Å². The lowest BCUT2D eigenvalue weighted by Gasteiger charge is -2.51. The highest BCUT2D eigenvalue weighted by atomic mass is 14.9. The molecule has 24 heavy (non-hydrogen) atoms. The second kappa shape index (κ2) is 4.37. The van der Waals surface area contributed by atoms with Crippen LogP contribution in [0.3, 0.4) is 0 Å². The molecule has 3 aromatic carbocycles. The van der Waals surface area contributed by atoms with Crippen LogP contribution in [-0.2, 0) is 12.0 Å². The summed E-state index contributed by atoms with van der Waals surface area (Å²) in [6, 6.07) is 25.3. The Morgan fingerprint density at radius 1 is 0.750 bits per heavy atom. The zero-order valence-electron chi connectivity index (χ0n) is 13.5. The Morgan fingerprint density at radius 2 is 1.42 bits per heavy atom. The highest BCUT2D eigenvalue weighted by Crippen LogP contribution is 2.61. The quantitative estimate of drug-likeness (QED) is 0.652. The van der Waals surface area contributed by atoms with Crippen molar-refractivity contribution in [1.29, 1.82) is 0 Å². The van der Waals surface area contributed by atoms with Crippen molar-refractivity contribution in [2.75, 3.05) is 6.54 Å². The largest absolute Gasteiger partial charge is 0.313 e. The first-order valence-electron chi connectivity index (χ1n) is 8.93. The van der Waals surface area contributed by atoms with E-state index in [4.69, 9.17) is 0 Å². The molecule has 3 aliphatic carbocycles. The third-order valence-electron chi connectivity index (χ3n) is 6.38. The van der Waals surface area contributed by atoms with E-state index in [9.17, 15) is 0 Å². The summed E-state index contributed by atoms with van der Waals surface area (Å²) in [5.74, 6) is 0.396. The molecule has 0 fully saturated rings. The van der Waals surface area contributed by atoms with Crippen molar-refractivity contribution in [3.05, 3.63) is 106 Å². The Bertz CT molecular complexity index is 937. The Hall–Kier alpha value is -2.38. The van der Waals surface area contributed by atoms with Crippen molar-refractivity contribution in [3.63, 3.8) is 0 Å². The van der Waals surface area contributed by atoms with E-state index in [0.29, 0.717) is 5.92 Å². The predicted molar refractivity (Wildman–Crippen MR) is 96.5 cm³/mol. The van der Waals surface area contributed by atoms with Crippen molar-refractivity contribution in [3.8, 4) is 0 Å². The van der Waals surface area contributed by atoms with E-state index in [1.165, 1.54) is 33.4 Å². The standard InChI is InChI=1S/C23H19N/c1-3-10-19-16(7-1)21-17-8-2-4-11-20(17)23(19)12-13-24-14-15-6-5-9-18(21)22(15)23/h1-11,21,24H,12-14H2. The fourth-order valence-electron chi connectivity index (χ4n) is 5.61. The lowest BCUT2D eigenvalue weighted by molar-refractivity contribution is 0.501. The normalized spacial score (nSPS) is 25.4. The van der Waals surface area contributed by atoms with Crippen LogP contribution < -0.4 is 5.32 Å². The zero-order chi connectivity index (χ0) is 15.7. The zero-order valence-corrected chi connectivity index (χ0v) is 13.5. The first kappa shape index (κ1) is 13.0. The fraction of sp³-hybridized carbons (Fsp3) is 0.217. The van der Waals surface area contributed by atoms with Crippen LogP contribution in [0.25, 0.3) is 0 Å². The maximum atomic E-state index is 3.66. The Labute approximate surface area is 142 Å². The third-order valence-corrected chi connectivity index (χ3v) is 6.38. The molecule has 0 saturated heterocycles. The van der Waals surface area contributed by atoms with Gasteiger partial charge < -0.3 is 5.32 Å². The van der Waals surface area contributed by atoms with Gasteiger partial charge in [0, 0.05) is 17.9 Å². The van der Waals surface area contributed by atoms with E-state index in [1.807, 2.05) is 0 Å². The summed E-state index contributed by atoms with van der Waals surface area (Å²) >= 11 is 0. The molecule has 1 N–H and O–H groups in total. The maximum Gasteiger partial charge on any atom is 0.0475 e. The fourth-order valence-corrected chi connectivity index (χ4v) is 5.61. The highest BCUT2D eigenvalue weighted by Gasteiger charge is 2.52. The molecule has 1 heteroatoms. The van der Waals surface area contributed by atoms with E-state index < -0.39 is 0 Å². The number of hydrogen-bond donors (Lipinski definition) is 1. The van der Waals surface area contributed by atoms with E-state index >= 15 is 0 Å². The SMILES string of the molecule is c1ccc2c(c1)C1c3ccccc3C23CCNCc2cccc1c23. The molecule has 0 saturated carbocycles. The summed E-state index contributed by atoms with van der Waals surface area (Å²) in [6.45, 7) is 2.05. The van der Waals surface area contributed by atoms with Crippen LogP contribution in [0.4, 0.5) is 0 Å². The average Bonchev–Trinajstić information content (AvgIpc) is 2.85. The second-order valence-corrected chi connectivity index (χ2v) is 7.32. The van der Waals surface area contributed by atoms with Crippen LogP contribution in [0.5, 0.6) is 0 Å². The van der Waals surface area contributed by atoms with Crippen molar-refractivity contribution in [2.24, 2.45) is 0 Å². The minimum atomic E-state index is 0.0252. The molecule has 0 radical (unpaired) electrons. The van der Waals surface area contributed by atoms with Crippen LogP contribution in [0, 0.1) is 0 Å². The molecule has 1 nitrogen and oxygen atoms in total. The van der Waals surface area contributed by atoms with Gasteiger partial charge in [0.15, 0.2) is 0 Å². The van der Waals surface area contributed by atoms with Gasteiger partial charge in [0.25, 0.3) is 0 Å². The molecule has 0 amide bonds. The molecule has 0 unspecified atom stereocenters. The van der Waals surface area contributed by atoms with Crippen LogP contribution >= 0.6 is 0 Å². The number of hydrogen-bond acceptors (Lipinski definition) is 1. The summed E-state index contributed by atoms with van der Waals surface area (Å²) in [5.41, 5.74) is 10.8. The smallest absolute Gasteiger partial charge is 0.0475 e. The van der Waals surface area contributed by atoms with Gasteiger partial charge >= 0.3 is 0 Å². The Morgan fingerprint density at radius 3 is 2.17 bits per heavy atom. The van der Waals surface area contributed by atoms with Gasteiger partial charge in [0.1, 0.15) is 0 Å². The molecule has 116 valence electrons. The number of rotatable bonds is 0. The lowest BCUT2D eigenvalue weighted by Crippen LogP contribution is -2.43. The molecule has 3 aromatic rings. The van der Waals surface area contributed by atoms with Gasteiger partial charge in [-0.15, -0.1) is 0 Å². The minimum Gasteiger partial charge on any atom is -0.313 e. The molecule has 0 aromatic heterocycles. The average molecular weight is 309 g/mol. The molecule has 2 bridgehead atoms. The molecule has 1 spiro atoms. The minimum absolute atomic E-state index is 0.0252. The van der Waals surface area contributed by atoms with Crippen molar-refractivity contribution < 1.29 is 0 Å². The summed E-state index contributed by atoms with van der Waals surface area (Å²) in [7, 11) is 0. The van der Waals surface area contributed by atoms with Crippen LogP contribution in [0.15, 0.2) is 66.7 Å². The molecule has 0 atom stereocenters. The van der Waals surface area contributed by atoms with Gasteiger partial charge in [-0.2, -0.15) is 0 Å². The molecule has 1 heterocycles.